The third-order valence-electron chi connectivity index (χ3n) is 4.07. The zero-order valence-corrected chi connectivity index (χ0v) is 17.8. The Hall–Kier alpha value is -2.36. The number of nitrogens with one attached hydrogen (secondary N) is 1. The molecule has 0 aliphatic carbocycles. The molecule has 1 saturated heterocycles. The quantitative estimate of drug-likeness (QED) is 0.726. The average molecular weight is 452 g/mol. The van der Waals surface area contributed by atoms with Crippen molar-refractivity contribution in [3.05, 3.63) is 59.6 Å². The van der Waals surface area contributed by atoms with Crippen molar-refractivity contribution in [1.82, 2.24) is 4.90 Å². The number of carbonyl (C=O) groups is 2. The summed E-state index contributed by atoms with van der Waals surface area (Å²) in [5.41, 5.74) is 0.625. The molecule has 1 N–H and O–H groups in total. The summed E-state index contributed by atoms with van der Waals surface area (Å²) in [7, 11) is -4.01. The Bertz CT molecular complexity index is 1040. The van der Waals surface area contributed by atoms with Crippen molar-refractivity contribution in [2.75, 3.05) is 11.9 Å². The van der Waals surface area contributed by atoms with Gasteiger partial charge in [-0.05, 0) is 43.3 Å². The molecule has 1 aliphatic rings. The molecule has 0 bridgehead atoms. The summed E-state index contributed by atoms with van der Waals surface area (Å²) >= 11 is 6.77. The highest BCUT2D eigenvalue weighted by Crippen LogP contribution is 2.31. The summed E-state index contributed by atoms with van der Waals surface area (Å²) in [5.74, 6) is -0.675. The van der Waals surface area contributed by atoms with Crippen LogP contribution in [0.3, 0.4) is 0 Å². The predicted octanol–water partition coefficient (Wildman–Crippen LogP) is 3.38. The van der Waals surface area contributed by atoms with E-state index in [4.69, 9.17) is 11.6 Å². The third kappa shape index (κ3) is 5.17. The van der Waals surface area contributed by atoms with Gasteiger partial charge in [-0.25, -0.2) is 0 Å². The number of para-hydroxylation sites is 1. The number of rotatable bonds is 6. The maximum atomic E-state index is 12.6. The van der Waals surface area contributed by atoms with Crippen molar-refractivity contribution in [3.8, 4) is 0 Å². The number of hydrogen-bond acceptors (Lipinski definition) is 5. The van der Waals surface area contributed by atoms with Crippen molar-refractivity contribution >= 4 is 56.1 Å². The molecular weight excluding hydrogens is 434 g/mol. The zero-order chi connectivity index (χ0) is 21.0. The van der Waals surface area contributed by atoms with Crippen molar-refractivity contribution < 1.29 is 18.0 Å². The Labute approximate surface area is 178 Å². The molecule has 10 heteroatoms. The second kappa shape index (κ2) is 8.98. The van der Waals surface area contributed by atoms with E-state index in [2.05, 4.69) is 9.71 Å². The fourth-order valence-electron chi connectivity index (χ4n) is 2.66. The molecule has 1 heterocycles. The standard InChI is InChI=1S/C19H18ClN3O4S2/c1-2-23-18(25)16(12-17(24)21-14-6-4-3-5-7-14)28-19(23)22-29(26,27)15-10-8-13(20)9-11-15/h3-11,16H,2,12H2,1H3,(H,21,24)/b22-19+. The molecule has 3 rings (SSSR count). The van der Waals surface area contributed by atoms with Gasteiger partial charge in [0.15, 0.2) is 5.17 Å². The Balaban J connectivity index is 1.77. The van der Waals surface area contributed by atoms with E-state index in [-0.39, 0.29) is 34.8 Å². The van der Waals surface area contributed by atoms with Gasteiger partial charge < -0.3 is 5.32 Å². The Kier molecular flexibility index (Phi) is 6.61. The molecule has 0 saturated carbocycles. The van der Waals surface area contributed by atoms with Crippen molar-refractivity contribution in [2.45, 2.75) is 23.5 Å². The second-order valence-corrected chi connectivity index (χ2v) is 9.32. The van der Waals surface area contributed by atoms with Crippen LogP contribution in [0, 0.1) is 0 Å². The van der Waals surface area contributed by atoms with Crippen LogP contribution in [0.4, 0.5) is 5.69 Å². The van der Waals surface area contributed by atoms with Crippen LogP contribution in [0.5, 0.6) is 0 Å². The van der Waals surface area contributed by atoms with E-state index in [0.717, 1.165) is 11.8 Å². The number of benzene rings is 2. The first-order valence-corrected chi connectivity index (χ1v) is 11.4. The van der Waals surface area contributed by atoms with E-state index in [0.29, 0.717) is 10.7 Å². The summed E-state index contributed by atoms with van der Waals surface area (Å²) in [6.07, 6.45) is -0.0884. The van der Waals surface area contributed by atoms with Crippen LogP contribution in [0.1, 0.15) is 13.3 Å². The van der Waals surface area contributed by atoms with E-state index in [1.165, 1.54) is 29.2 Å². The van der Waals surface area contributed by atoms with Crippen LogP contribution in [-0.4, -0.2) is 42.1 Å². The van der Waals surface area contributed by atoms with Crippen molar-refractivity contribution in [1.29, 1.82) is 0 Å². The van der Waals surface area contributed by atoms with Crippen LogP contribution in [-0.2, 0) is 19.6 Å². The van der Waals surface area contributed by atoms with Gasteiger partial charge in [-0.3, -0.25) is 14.5 Å². The average Bonchev–Trinajstić information content (AvgIpc) is 2.96. The molecule has 1 unspecified atom stereocenters. The highest BCUT2D eigenvalue weighted by molar-refractivity contribution is 8.16. The van der Waals surface area contributed by atoms with E-state index in [9.17, 15) is 18.0 Å². The largest absolute Gasteiger partial charge is 0.326 e. The monoisotopic (exact) mass is 451 g/mol. The topological polar surface area (TPSA) is 95.9 Å². The highest BCUT2D eigenvalue weighted by Gasteiger charge is 2.39. The maximum absolute atomic E-state index is 12.6. The lowest BCUT2D eigenvalue weighted by Crippen LogP contribution is -2.33. The summed E-state index contributed by atoms with van der Waals surface area (Å²) < 4.78 is 29.0. The fraction of sp³-hybridized carbons (Fsp3) is 0.211. The number of anilines is 1. The number of amidine groups is 1. The summed E-state index contributed by atoms with van der Waals surface area (Å²) in [5, 5.41) is 2.45. The molecule has 0 radical (unpaired) electrons. The van der Waals surface area contributed by atoms with Gasteiger partial charge in [-0.1, -0.05) is 41.6 Å². The maximum Gasteiger partial charge on any atom is 0.284 e. The number of amides is 2. The first kappa shape index (κ1) is 21.4. The summed E-state index contributed by atoms with van der Waals surface area (Å²) in [6.45, 7) is 1.97. The van der Waals surface area contributed by atoms with Gasteiger partial charge in [-0.2, -0.15) is 8.42 Å². The van der Waals surface area contributed by atoms with Gasteiger partial charge in [0.05, 0.1) is 4.90 Å². The first-order valence-electron chi connectivity index (χ1n) is 8.73. The fourth-order valence-corrected chi connectivity index (χ4v) is 5.21. The Morgan fingerprint density at radius 3 is 2.45 bits per heavy atom. The molecule has 1 atom stereocenters. The summed E-state index contributed by atoms with van der Waals surface area (Å²) in [6, 6.07) is 14.5. The van der Waals surface area contributed by atoms with Gasteiger partial charge in [0.25, 0.3) is 10.0 Å². The molecule has 29 heavy (non-hydrogen) atoms. The lowest BCUT2D eigenvalue weighted by Gasteiger charge is -2.13. The Morgan fingerprint density at radius 1 is 1.17 bits per heavy atom. The van der Waals surface area contributed by atoms with Crippen LogP contribution in [0.25, 0.3) is 0 Å². The van der Waals surface area contributed by atoms with Gasteiger partial charge in [0.2, 0.25) is 11.8 Å². The lowest BCUT2D eigenvalue weighted by molar-refractivity contribution is -0.128. The SMILES string of the molecule is CCN1C(=O)C(CC(=O)Nc2ccccc2)S/C1=N/S(=O)(=O)c1ccc(Cl)cc1. The number of carbonyl (C=O) groups excluding carboxylic acids is 2. The molecule has 1 aliphatic heterocycles. The number of nitrogens with zero attached hydrogens (tertiary/aromatic N) is 2. The molecule has 1 fully saturated rings. The van der Waals surface area contributed by atoms with Crippen molar-refractivity contribution in [3.63, 3.8) is 0 Å². The van der Waals surface area contributed by atoms with Crippen LogP contribution < -0.4 is 5.32 Å². The number of halogens is 1. The molecule has 2 aromatic rings. The van der Waals surface area contributed by atoms with Crippen molar-refractivity contribution in [2.24, 2.45) is 4.40 Å². The Morgan fingerprint density at radius 2 is 1.83 bits per heavy atom. The van der Waals surface area contributed by atoms with Gasteiger partial charge in [0, 0.05) is 23.7 Å². The summed E-state index contributed by atoms with van der Waals surface area (Å²) in [4.78, 5) is 26.2. The van der Waals surface area contributed by atoms with E-state index >= 15 is 0 Å². The smallest absolute Gasteiger partial charge is 0.284 e. The normalized spacial score (nSPS) is 18.3. The van der Waals surface area contributed by atoms with Crippen LogP contribution in [0.15, 0.2) is 63.9 Å². The third-order valence-corrected chi connectivity index (χ3v) is 6.90. The number of sulfonamides is 1. The molecule has 2 amide bonds. The van der Waals surface area contributed by atoms with Crippen LogP contribution in [0.2, 0.25) is 5.02 Å². The second-order valence-electron chi connectivity index (χ2n) is 6.11. The van der Waals surface area contributed by atoms with Gasteiger partial charge >= 0.3 is 0 Å². The molecular formula is C19H18ClN3O4S2. The zero-order valence-electron chi connectivity index (χ0n) is 15.4. The van der Waals surface area contributed by atoms with Gasteiger partial charge in [-0.15, -0.1) is 4.40 Å². The molecule has 152 valence electrons. The van der Waals surface area contributed by atoms with E-state index in [1.807, 2.05) is 6.07 Å². The van der Waals surface area contributed by atoms with E-state index < -0.39 is 15.3 Å². The molecule has 0 spiro atoms. The molecule has 2 aromatic carbocycles. The predicted molar refractivity (Wildman–Crippen MR) is 115 cm³/mol. The van der Waals surface area contributed by atoms with Gasteiger partial charge in [0.1, 0.15) is 5.25 Å². The lowest BCUT2D eigenvalue weighted by atomic mass is 10.2. The molecule has 0 aromatic heterocycles. The first-order chi connectivity index (χ1) is 13.8. The highest BCUT2D eigenvalue weighted by atomic mass is 35.5. The van der Waals surface area contributed by atoms with Crippen LogP contribution >= 0.6 is 23.4 Å². The minimum Gasteiger partial charge on any atom is -0.326 e. The number of thioether (sulfide) groups is 1. The number of hydrogen-bond donors (Lipinski definition) is 1. The van der Waals surface area contributed by atoms with E-state index in [1.54, 1.807) is 31.2 Å². The minimum absolute atomic E-state index is 0.0243. The minimum atomic E-state index is -4.01. The molecule has 7 nitrogen and oxygen atoms in total.